The van der Waals surface area contributed by atoms with Gasteiger partial charge in [-0.1, -0.05) is 35.5 Å². The second kappa shape index (κ2) is 8.34. The molecule has 1 amide bonds. The zero-order valence-electron chi connectivity index (χ0n) is 15.7. The summed E-state index contributed by atoms with van der Waals surface area (Å²) >= 11 is 0. The Morgan fingerprint density at radius 2 is 1.93 bits per heavy atom. The second-order valence-corrected chi connectivity index (χ2v) is 6.34. The summed E-state index contributed by atoms with van der Waals surface area (Å²) in [6.07, 6.45) is -3.36. The number of nitrogens with one attached hydrogen (secondary N) is 1. The van der Waals surface area contributed by atoms with Gasteiger partial charge in [-0.15, -0.1) is 0 Å². The zero-order valence-corrected chi connectivity index (χ0v) is 15.7. The lowest BCUT2D eigenvalue weighted by molar-refractivity contribution is -0.149. The number of aryl methyl sites for hydroxylation is 1. The highest BCUT2D eigenvalue weighted by Gasteiger charge is 2.37. The van der Waals surface area contributed by atoms with Crippen molar-refractivity contribution in [2.24, 2.45) is 0 Å². The van der Waals surface area contributed by atoms with Crippen LogP contribution in [0.3, 0.4) is 0 Å². The minimum Gasteiger partial charge on any atom is -0.473 e. The lowest BCUT2D eigenvalue weighted by atomic mass is 10.1. The van der Waals surface area contributed by atoms with E-state index < -0.39 is 18.1 Å². The number of ether oxygens (including phenoxy) is 1. The molecule has 2 heterocycles. The van der Waals surface area contributed by atoms with Crippen LogP contribution in [0.4, 0.5) is 13.2 Å². The third kappa shape index (κ3) is 4.92. The number of rotatable bonds is 6. The summed E-state index contributed by atoms with van der Waals surface area (Å²) in [5.74, 6) is -0.0545. The number of nitrogens with zero attached hydrogens (tertiary/aromatic N) is 2. The van der Waals surface area contributed by atoms with Crippen molar-refractivity contribution < 1.29 is 27.2 Å². The number of amides is 1. The maximum atomic E-state index is 12.5. The zero-order chi connectivity index (χ0) is 21.0. The molecular weight excluding hydrogens is 387 g/mol. The number of benzene rings is 1. The average Bonchev–Trinajstić information content (AvgIpc) is 3.07. The number of hydrogen-bond donors (Lipinski definition) is 1. The fourth-order valence-corrected chi connectivity index (χ4v) is 2.49. The molecule has 9 heteroatoms. The summed E-state index contributed by atoms with van der Waals surface area (Å²) < 4.78 is 48.5. The van der Waals surface area contributed by atoms with Gasteiger partial charge in [-0.3, -0.25) is 4.79 Å². The highest BCUT2D eigenvalue weighted by Crippen LogP contribution is 2.26. The molecule has 1 atom stereocenters. The van der Waals surface area contributed by atoms with Crippen LogP contribution < -0.4 is 10.1 Å². The topological polar surface area (TPSA) is 77.2 Å². The summed E-state index contributed by atoms with van der Waals surface area (Å²) in [6, 6.07) is 10.3. The molecule has 0 saturated heterocycles. The molecule has 3 aromatic rings. The number of carbonyl (C=O) groups is 1. The number of aromatic nitrogens is 2. The molecule has 0 saturated carbocycles. The van der Waals surface area contributed by atoms with Crippen LogP contribution in [0.1, 0.15) is 28.6 Å². The van der Waals surface area contributed by atoms with Crippen LogP contribution in [-0.4, -0.2) is 28.3 Å². The van der Waals surface area contributed by atoms with Gasteiger partial charge in [0.1, 0.15) is 24.1 Å². The summed E-state index contributed by atoms with van der Waals surface area (Å²) in [7, 11) is 0. The van der Waals surface area contributed by atoms with E-state index >= 15 is 0 Å². The number of hydrogen-bond acceptors (Lipinski definition) is 5. The quantitative estimate of drug-likeness (QED) is 0.662. The van der Waals surface area contributed by atoms with Crippen molar-refractivity contribution in [2.45, 2.75) is 32.7 Å². The van der Waals surface area contributed by atoms with Crippen molar-refractivity contribution in [2.75, 3.05) is 0 Å². The van der Waals surface area contributed by atoms with Crippen molar-refractivity contribution in [1.82, 2.24) is 15.5 Å². The van der Waals surface area contributed by atoms with Crippen molar-refractivity contribution in [1.29, 1.82) is 0 Å². The number of pyridine rings is 1. The van der Waals surface area contributed by atoms with Gasteiger partial charge in [0.15, 0.2) is 0 Å². The summed E-state index contributed by atoms with van der Waals surface area (Å²) in [4.78, 5) is 15.9. The van der Waals surface area contributed by atoms with Crippen molar-refractivity contribution in [3.63, 3.8) is 0 Å². The number of alkyl halides is 3. The molecule has 6 nitrogen and oxygen atoms in total. The highest BCUT2D eigenvalue weighted by atomic mass is 19.4. The van der Waals surface area contributed by atoms with Crippen molar-refractivity contribution in [3.05, 3.63) is 65.5 Å². The first-order valence-corrected chi connectivity index (χ1v) is 8.72. The largest absolute Gasteiger partial charge is 0.473 e. The first-order chi connectivity index (χ1) is 13.8. The minimum atomic E-state index is -4.51. The van der Waals surface area contributed by atoms with Crippen LogP contribution in [0, 0.1) is 6.92 Å². The standard InChI is InChI=1S/C20H18F3N3O3/c1-12-16(18(26-29-12)14-6-4-3-5-7-14)11-28-17-9-8-15(10-24-17)19(27)25-13(2)20(21,22)23/h3-10,13H,11H2,1-2H3,(H,25,27)/t13-/m0/s1. The van der Waals surface area contributed by atoms with E-state index in [0.29, 0.717) is 11.5 Å². The molecule has 0 aliphatic rings. The minimum absolute atomic E-state index is 0.000386. The third-order valence-electron chi connectivity index (χ3n) is 4.23. The van der Waals surface area contributed by atoms with E-state index in [-0.39, 0.29) is 18.1 Å². The van der Waals surface area contributed by atoms with E-state index in [1.165, 1.54) is 12.1 Å². The Balaban J connectivity index is 1.66. The summed E-state index contributed by atoms with van der Waals surface area (Å²) in [5.41, 5.74) is 2.28. The lowest BCUT2D eigenvalue weighted by Crippen LogP contribution is -2.43. The lowest BCUT2D eigenvalue weighted by Gasteiger charge is -2.17. The third-order valence-corrected chi connectivity index (χ3v) is 4.23. The van der Waals surface area contributed by atoms with E-state index in [1.54, 1.807) is 6.92 Å². The Labute approximate surface area is 164 Å². The van der Waals surface area contributed by atoms with Crippen LogP contribution in [-0.2, 0) is 6.61 Å². The van der Waals surface area contributed by atoms with Crippen LogP contribution >= 0.6 is 0 Å². The van der Waals surface area contributed by atoms with Crippen molar-refractivity contribution >= 4 is 5.91 Å². The van der Waals surface area contributed by atoms with Crippen LogP contribution in [0.25, 0.3) is 11.3 Å². The van der Waals surface area contributed by atoms with Gasteiger partial charge in [0.25, 0.3) is 5.91 Å². The van der Waals surface area contributed by atoms with E-state index in [4.69, 9.17) is 9.26 Å². The van der Waals surface area contributed by atoms with E-state index in [2.05, 4.69) is 10.1 Å². The van der Waals surface area contributed by atoms with Crippen LogP contribution in [0.5, 0.6) is 5.88 Å². The van der Waals surface area contributed by atoms with E-state index in [9.17, 15) is 18.0 Å². The molecule has 1 aromatic carbocycles. The molecule has 0 radical (unpaired) electrons. The molecule has 29 heavy (non-hydrogen) atoms. The second-order valence-electron chi connectivity index (χ2n) is 6.34. The average molecular weight is 405 g/mol. The Morgan fingerprint density at radius 3 is 2.55 bits per heavy atom. The molecule has 0 bridgehead atoms. The summed E-state index contributed by atoms with van der Waals surface area (Å²) in [6.45, 7) is 2.76. The number of carbonyl (C=O) groups excluding carboxylic acids is 1. The smallest absolute Gasteiger partial charge is 0.408 e. The molecule has 152 valence electrons. The molecule has 2 aromatic heterocycles. The molecule has 0 fully saturated rings. The Kier molecular flexibility index (Phi) is 5.86. The van der Waals surface area contributed by atoms with E-state index in [0.717, 1.165) is 24.2 Å². The van der Waals surface area contributed by atoms with E-state index in [1.807, 2.05) is 35.6 Å². The molecule has 1 N–H and O–H groups in total. The van der Waals surface area contributed by atoms with Gasteiger partial charge in [0.05, 0.1) is 11.1 Å². The predicted octanol–water partition coefficient (Wildman–Crippen LogP) is 4.30. The van der Waals surface area contributed by atoms with Gasteiger partial charge in [-0.25, -0.2) is 4.98 Å². The molecule has 0 aliphatic carbocycles. The Morgan fingerprint density at radius 1 is 1.21 bits per heavy atom. The predicted molar refractivity (Wildman–Crippen MR) is 98.2 cm³/mol. The van der Waals surface area contributed by atoms with Crippen molar-refractivity contribution in [3.8, 4) is 17.1 Å². The molecule has 3 rings (SSSR count). The number of halogens is 3. The normalized spacial score (nSPS) is 12.4. The van der Waals surface area contributed by atoms with Gasteiger partial charge >= 0.3 is 6.18 Å². The maximum Gasteiger partial charge on any atom is 0.408 e. The fraction of sp³-hybridized carbons (Fsp3) is 0.250. The fourth-order valence-electron chi connectivity index (χ4n) is 2.49. The van der Waals surface area contributed by atoms with Gasteiger partial charge in [0.2, 0.25) is 5.88 Å². The SMILES string of the molecule is Cc1onc(-c2ccccc2)c1COc1ccc(C(=O)N[C@@H](C)C(F)(F)F)cn1. The first-order valence-electron chi connectivity index (χ1n) is 8.72. The first kappa shape index (κ1) is 20.4. The molecular formula is C20H18F3N3O3. The van der Waals surface area contributed by atoms with Gasteiger partial charge in [-0.2, -0.15) is 13.2 Å². The Bertz CT molecular complexity index is 970. The Hall–Kier alpha value is -3.36. The van der Waals surface area contributed by atoms with Gasteiger partial charge < -0.3 is 14.6 Å². The van der Waals surface area contributed by atoms with Gasteiger partial charge in [0, 0.05) is 17.8 Å². The molecule has 0 spiro atoms. The molecule has 0 unspecified atom stereocenters. The van der Waals surface area contributed by atoms with Crippen LogP contribution in [0.15, 0.2) is 53.2 Å². The summed E-state index contributed by atoms with van der Waals surface area (Å²) in [5, 5.41) is 5.94. The maximum absolute atomic E-state index is 12.5. The monoisotopic (exact) mass is 405 g/mol. The highest BCUT2D eigenvalue weighted by molar-refractivity contribution is 5.94. The van der Waals surface area contributed by atoms with Crippen LogP contribution in [0.2, 0.25) is 0 Å². The molecule has 0 aliphatic heterocycles. The van der Waals surface area contributed by atoms with Gasteiger partial charge in [-0.05, 0) is 19.9 Å².